The molecule has 3 heteroatoms. The zero-order chi connectivity index (χ0) is 14.7. The number of hydrogen-bond acceptors (Lipinski definition) is 2. The second kappa shape index (κ2) is 6.25. The lowest BCUT2D eigenvalue weighted by molar-refractivity contribution is -0.129. The van der Waals surface area contributed by atoms with Gasteiger partial charge in [0, 0.05) is 11.5 Å². The molecule has 0 spiro atoms. The highest BCUT2D eigenvalue weighted by molar-refractivity contribution is 5.79. The molecule has 2 atom stereocenters. The summed E-state index contributed by atoms with van der Waals surface area (Å²) in [5.74, 6) is 0.710. The Morgan fingerprint density at radius 1 is 1.16 bits per heavy atom. The molecule has 0 aromatic carbocycles. The van der Waals surface area contributed by atoms with E-state index in [0.29, 0.717) is 12.5 Å². The Balaban J connectivity index is 2.62. The minimum absolute atomic E-state index is 0.123. The van der Waals surface area contributed by atoms with Crippen molar-refractivity contribution in [2.45, 2.75) is 72.3 Å². The molecule has 1 rings (SSSR count). The van der Waals surface area contributed by atoms with Crippen LogP contribution in [0.2, 0.25) is 0 Å². The van der Waals surface area contributed by atoms with Crippen LogP contribution in [-0.4, -0.2) is 18.0 Å². The third-order valence-corrected chi connectivity index (χ3v) is 3.98. The van der Waals surface area contributed by atoms with Crippen LogP contribution >= 0.6 is 0 Å². The van der Waals surface area contributed by atoms with E-state index in [1.807, 2.05) is 0 Å². The van der Waals surface area contributed by atoms with Gasteiger partial charge < -0.3 is 11.1 Å². The number of carbonyl (C=O) groups excluding carboxylic acids is 1. The first-order valence-corrected chi connectivity index (χ1v) is 7.67. The average molecular weight is 268 g/mol. The van der Waals surface area contributed by atoms with Gasteiger partial charge in [0.25, 0.3) is 0 Å². The van der Waals surface area contributed by atoms with Crippen LogP contribution in [0.25, 0.3) is 0 Å². The molecule has 0 saturated heterocycles. The third-order valence-electron chi connectivity index (χ3n) is 3.98. The lowest BCUT2D eigenvalue weighted by atomic mass is 9.77. The van der Waals surface area contributed by atoms with Gasteiger partial charge in [-0.1, -0.05) is 33.6 Å². The molecule has 1 fully saturated rings. The van der Waals surface area contributed by atoms with Gasteiger partial charge in [-0.15, -0.1) is 0 Å². The van der Waals surface area contributed by atoms with Gasteiger partial charge >= 0.3 is 0 Å². The fourth-order valence-corrected chi connectivity index (χ4v) is 3.63. The average Bonchev–Trinajstić information content (AvgIpc) is 2.24. The van der Waals surface area contributed by atoms with Crippen molar-refractivity contribution in [2.75, 3.05) is 6.54 Å². The quantitative estimate of drug-likeness (QED) is 0.823. The predicted molar refractivity (Wildman–Crippen MR) is 80.8 cm³/mol. The van der Waals surface area contributed by atoms with E-state index in [2.05, 4.69) is 39.9 Å². The molecule has 0 bridgehead atoms. The molecule has 3 nitrogen and oxygen atoms in total. The van der Waals surface area contributed by atoms with E-state index in [1.54, 1.807) is 0 Å². The maximum absolute atomic E-state index is 12.5. The topological polar surface area (TPSA) is 55.1 Å². The summed E-state index contributed by atoms with van der Waals surface area (Å²) in [7, 11) is 0. The van der Waals surface area contributed by atoms with Crippen LogP contribution < -0.4 is 11.1 Å². The Hall–Kier alpha value is -0.570. The summed E-state index contributed by atoms with van der Waals surface area (Å²) in [5.41, 5.74) is 5.89. The molecule has 19 heavy (non-hydrogen) atoms. The first-order chi connectivity index (χ1) is 8.64. The van der Waals surface area contributed by atoms with E-state index < -0.39 is 0 Å². The second-order valence-electron chi connectivity index (χ2n) is 8.00. The lowest BCUT2D eigenvalue weighted by Crippen LogP contribution is -2.50. The summed E-state index contributed by atoms with van der Waals surface area (Å²) in [5, 5.41) is 3.25. The van der Waals surface area contributed by atoms with Crippen molar-refractivity contribution < 1.29 is 4.79 Å². The van der Waals surface area contributed by atoms with Crippen molar-refractivity contribution in [3.63, 3.8) is 0 Å². The highest BCUT2D eigenvalue weighted by Gasteiger charge is 2.34. The van der Waals surface area contributed by atoms with Gasteiger partial charge in [0.05, 0.1) is 0 Å². The van der Waals surface area contributed by atoms with E-state index in [0.717, 1.165) is 25.7 Å². The minimum atomic E-state index is -0.147. The molecule has 0 radical (unpaired) electrons. The Morgan fingerprint density at radius 2 is 1.74 bits per heavy atom. The van der Waals surface area contributed by atoms with E-state index in [-0.39, 0.29) is 22.8 Å². The number of hydrogen-bond donors (Lipinski definition) is 2. The molecule has 1 saturated carbocycles. The van der Waals surface area contributed by atoms with Crippen LogP contribution in [0.1, 0.15) is 66.7 Å². The number of carbonyl (C=O) groups is 1. The van der Waals surface area contributed by atoms with E-state index >= 15 is 0 Å². The first kappa shape index (κ1) is 16.5. The maximum atomic E-state index is 12.5. The second-order valence-corrected chi connectivity index (χ2v) is 8.00. The van der Waals surface area contributed by atoms with Gasteiger partial charge in [-0.05, 0) is 51.0 Å². The monoisotopic (exact) mass is 268 g/mol. The van der Waals surface area contributed by atoms with Gasteiger partial charge in [-0.2, -0.15) is 0 Å². The van der Waals surface area contributed by atoms with Crippen LogP contribution in [0.15, 0.2) is 0 Å². The zero-order valence-corrected chi connectivity index (χ0v) is 13.4. The maximum Gasteiger partial charge on any atom is 0.223 e. The Bertz CT molecular complexity index is 304. The van der Waals surface area contributed by atoms with Gasteiger partial charge in [0.2, 0.25) is 5.91 Å². The summed E-state index contributed by atoms with van der Waals surface area (Å²) in [6.07, 6.45) is 5.46. The Kier molecular flexibility index (Phi) is 5.43. The molecule has 0 aromatic heterocycles. The Morgan fingerprint density at radius 3 is 2.26 bits per heavy atom. The van der Waals surface area contributed by atoms with E-state index in [9.17, 15) is 4.79 Å². The Labute approximate surface area is 118 Å². The lowest BCUT2D eigenvalue weighted by Gasteiger charge is -2.37. The molecule has 0 heterocycles. The highest BCUT2D eigenvalue weighted by Crippen LogP contribution is 2.31. The largest absolute Gasteiger partial charge is 0.351 e. The molecule has 112 valence electrons. The molecule has 1 amide bonds. The predicted octanol–water partition coefficient (Wildman–Crippen LogP) is 3.08. The highest BCUT2D eigenvalue weighted by atomic mass is 16.2. The van der Waals surface area contributed by atoms with E-state index in [1.165, 1.54) is 6.42 Å². The zero-order valence-electron chi connectivity index (χ0n) is 13.4. The number of rotatable bonds is 4. The van der Waals surface area contributed by atoms with Crippen molar-refractivity contribution in [1.29, 1.82) is 0 Å². The summed E-state index contributed by atoms with van der Waals surface area (Å²) in [6.45, 7) is 11.5. The van der Waals surface area contributed by atoms with Gasteiger partial charge in [-0.25, -0.2) is 0 Å². The third kappa shape index (κ3) is 5.52. The van der Waals surface area contributed by atoms with Crippen LogP contribution in [0.4, 0.5) is 0 Å². The van der Waals surface area contributed by atoms with Crippen LogP contribution in [0.5, 0.6) is 0 Å². The van der Waals surface area contributed by atoms with Crippen molar-refractivity contribution in [3.05, 3.63) is 0 Å². The summed E-state index contributed by atoms with van der Waals surface area (Å²) >= 11 is 0. The number of nitrogens with one attached hydrogen (secondary N) is 1. The molecule has 1 aliphatic rings. The molecule has 0 aliphatic heterocycles. The number of amides is 1. The molecule has 2 unspecified atom stereocenters. The van der Waals surface area contributed by atoms with Gasteiger partial charge in [-0.3, -0.25) is 4.79 Å². The molecule has 0 aromatic rings. The molecule has 1 aliphatic carbocycles. The molecular formula is C16H32N2O. The van der Waals surface area contributed by atoms with Crippen molar-refractivity contribution in [3.8, 4) is 0 Å². The summed E-state index contributed by atoms with van der Waals surface area (Å²) in [4.78, 5) is 12.5. The normalized spacial score (nSPS) is 25.2. The van der Waals surface area contributed by atoms with Crippen molar-refractivity contribution in [1.82, 2.24) is 5.32 Å². The summed E-state index contributed by atoms with van der Waals surface area (Å²) in [6, 6.07) is 0. The van der Waals surface area contributed by atoms with Gasteiger partial charge in [0.15, 0.2) is 0 Å². The molecular weight excluding hydrogens is 236 g/mol. The standard InChI is InChI=1S/C16H32N2O/c1-15(2,3)11-16(4,5)18-14(19)13-9-7-6-8-12(13)10-17/h12-13H,6-11,17H2,1-5H3,(H,18,19). The first-order valence-electron chi connectivity index (χ1n) is 7.67. The van der Waals surface area contributed by atoms with E-state index in [4.69, 9.17) is 5.73 Å². The smallest absolute Gasteiger partial charge is 0.223 e. The van der Waals surface area contributed by atoms with Crippen molar-refractivity contribution >= 4 is 5.91 Å². The minimum Gasteiger partial charge on any atom is -0.351 e. The van der Waals surface area contributed by atoms with Crippen molar-refractivity contribution in [2.24, 2.45) is 23.0 Å². The SMILES string of the molecule is CC(C)(C)CC(C)(C)NC(=O)C1CCCCC1CN. The fourth-order valence-electron chi connectivity index (χ4n) is 3.63. The van der Waals surface area contributed by atoms with Gasteiger partial charge in [0.1, 0.15) is 0 Å². The summed E-state index contributed by atoms with van der Waals surface area (Å²) < 4.78 is 0. The van der Waals surface area contributed by atoms with Crippen LogP contribution in [0, 0.1) is 17.3 Å². The molecule has 3 N–H and O–H groups in total. The number of nitrogens with two attached hydrogens (primary N) is 1. The van der Waals surface area contributed by atoms with Crippen LogP contribution in [-0.2, 0) is 4.79 Å². The fraction of sp³-hybridized carbons (Fsp3) is 0.938. The van der Waals surface area contributed by atoms with Crippen LogP contribution in [0.3, 0.4) is 0 Å².